The van der Waals surface area contributed by atoms with Crippen LogP contribution >= 0.6 is 8.61 Å². The van der Waals surface area contributed by atoms with Gasteiger partial charge in [-0.3, -0.25) is 24.7 Å². The maximum absolute atomic E-state index is 12.8. The van der Waals surface area contributed by atoms with Gasteiger partial charge < -0.3 is 11.1 Å². The van der Waals surface area contributed by atoms with Crippen LogP contribution in [0.25, 0.3) is 0 Å². The van der Waals surface area contributed by atoms with E-state index in [4.69, 9.17) is 5.73 Å². The topological polar surface area (TPSA) is 113 Å². The molecule has 1 aliphatic heterocycles. The van der Waals surface area contributed by atoms with Gasteiger partial charge in [0.15, 0.2) is 5.66 Å². The van der Waals surface area contributed by atoms with Crippen LogP contribution in [0.15, 0.2) is 49.1 Å². The van der Waals surface area contributed by atoms with Gasteiger partial charge in [-0.25, -0.2) is 4.57 Å². The van der Waals surface area contributed by atoms with Crippen LogP contribution in [0.5, 0.6) is 0 Å². The molecule has 1 aliphatic rings. The summed E-state index contributed by atoms with van der Waals surface area (Å²) in [6.45, 7) is 1.29. The molecule has 0 aromatic carbocycles. The van der Waals surface area contributed by atoms with Crippen molar-refractivity contribution in [2.24, 2.45) is 5.73 Å². The van der Waals surface area contributed by atoms with Crippen LogP contribution in [-0.4, -0.2) is 38.8 Å². The molecular weight excluding hydrogens is 351 g/mol. The number of aromatic nitrogens is 2. The summed E-state index contributed by atoms with van der Waals surface area (Å²) in [6, 6.07) is 7.22. The predicted octanol–water partition coefficient (Wildman–Crippen LogP) is 0.819. The van der Waals surface area contributed by atoms with Gasteiger partial charge in [0, 0.05) is 50.5 Å². The number of piperidine rings is 1. The highest BCUT2D eigenvalue weighted by atomic mass is 31.1. The van der Waals surface area contributed by atoms with Gasteiger partial charge in [0.2, 0.25) is 0 Å². The largest absolute Gasteiger partial charge is 0.306 e. The van der Waals surface area contributed by atoms with Gasteiger partial charge in [-0.15, -0.1) is 0 Å². The zero-order valence-electron chi connectivity index (χ0n) is 14.2. The van der Waals surface area contributed by atoms with Gasteiger partial charge in [-0.05, 0) is 29.7 Å². The summed E-state index contributed by atoms with van der Waals surface area (Å²) < 4.78 is 12.5. The summed E-state index contributed by atoms with van der Waals surface area (Å²) in [7, 11) is -0.344. The van der Waals surface area contributed by atoms with Crippen LogP contribution in [-0.2, 0) is 22.4 Å². The molecule has 3 rings (SSSR count). The van der Waals surface area contributed by atoms with E-state index in [1.165, 1.54) is 4.67 Å². The Morgan fingerprint density at radius 2 is 1.85 bits per heavy atom. The highest BCUT2D eigenvalue weighted by molar-refractivity contribution is 7.21. The van der Waals surface area contributed by atoms with Crippen LogP contribution in [0.1, 0.15) is 17.5 Å². The molecular formula is C17H21N6O2P. The lowest BCUT2D eigenvalue weighted by molar-refractivity contribution is -0.137. The zero-order valence-corrected chi connectivity index (χ0v) is 15.1. The molecule has 0 radical (unpaired) electrons. The third-order valence-electron chi connectivity index (χ3n) is 4.45. The van der Waals surface area contributed by atoms with E-state index in [0.717, 1.165) is 11.1 Å². The molecule has 2 aromatic heterocycles. The highest BCUT2D eigenvalue weighted by Gasteiger charge is 2.48. The Morgan fingerprint density at radius 1 is 1.19 bits per heavy atom. The molecule has 8 nitrogen and oxygen atoms in total. The first-order chi connectivity index (χ1) is 12.6. The Kier molecular flexibility index (Phi) is 6.00. The number of nitrogens with two attached hydrogens (primary N) is 1. The molecule has 0 aliphatic carbocycles. The number of nitrogens with one attached hydrogen (secondary N) is 2. The number of amides is 1. The van der Waals surface area contributed by atoms with Gasteiger partial charge in [-0.2, -0.15) is 0 Å². The standard InChI is InChI=1S/C17H21N6O2P/c18-17(22-12-14-4-2-7-20-10-14)15(5-8-23(26-25)16(17)24)21-11-13-3-1-6-19-9-13/h1-4,6-7,9-10,15,21-22H,5,8,11-12,18H2/t15?,17-/m0/s1. The fourth-order valence-electron chi connectivity index (χ4n) is 2.98. The van der Waals surface area contributed by atoms with E-state index in [0.29, 0.717) is 26.1 Å². The summed E-state index contributed by atoms with van der Waals surface area (Å²) in [5.41, 5.74) is 7.02. The summed E-state index contributed by atoms with van der Waals surface area (Å²) >= 11 is 0. The molecule has 1 saturated heterocycles. The number of hydrogen-bond donors (Lipinski definition) is 3. The number of carbonyl (C=O) groups is 1. The molecule has 0 saturated carbocycles. The van der Waals surface area contributed by atoms with E-state index < -0.39 is 11.6 Å². The van der Waals surface area contributed by atoms with E-state index in [2.05, 4.69) is 20.6 Å². The highest BCUT2D eigenvalue weighted by Crippen LogP contribution is 2.24. The molecule has 3 heterocycles. The Bertz CT molecular complexity index is 747. The van der Waals surface area contributed by atoms with Crippen LogP contribution < -0.4 is 16.4 Å². The molecule has 26 heavy (non-hydrogen) atoms. The van der Waals surface area contributed by atoms with Gasteiger partial charge >= 0.3 is 0 Å². The van der Waals surface area contributed by atoms with Crippen molar-refractivity contribution >= 4 is 14.5 Å². The molecule has 0 bridgehead atoms. The monoisotopic (exact) mass is 372 g/mol. The quantitative estimate of drug-likeness (QED) is 0.487. The minimum atomic E-state index is -1.37. The van der Waals surface area contributed by atoms with Crippen molar-refractivity contribution in [1.29, 1.82) is 0 Å². The van der Waals surface area contributed by atoms with Gasteiger partial charge in [0.25, 0.3) is 14.5 Å². The van der Waals surface area contributed by atoms with Crippen molar-refractivity contribution in [1.82, 2.24) is 25.3 Å². The SMILES string of the molecule is N[C@@]1(NCc2cccnc2)C(=O)N(P=O)CCC1NCc1cccnc1. The maximum Gasteiger partial charge on any atom is 0.284 e. The summed E-state index contributed by atoms with van der Waals surface area (Å²) in [5, 5.41) is 6.48. The van der Waals surface area contributed by atoms with E-state index in [-0.39, 0.29) is 14.7 Å². The average Bonchev–Trinajstić information content (AvgIpc) is 2.69. The van der Waals surface area contributed by atoms with E-state index in [1.807, 2.05) is 24.3 Å². The number of nitrogens with zero attached hydrogens (tertiary/aromatic N) is 3. The van der Waals surface area contributed by atoms with Gasteiger partial charge in [0.05, 0.1) is 0 Å². The second-order valence-corrected chi connectivity index (χ2v) is 6.82. The zero-order chi connectivity index (χ0) is 18.4. The van der Waals surface area contributed by atoms with Crippen LogP contribution in [0.3, 0.4) is 0 Å². The second-order valence-electron chi connectivity index (χ2n) is 6.18. The lowest BCUT2D eigenvalue weighted by Crippen LogP contribution is -2.75. The van der Waals surface area contributed by atoms with Crippen LogP contribution in [0.4, 0.5) is 0 Å². The molecule has 1 amide bonds. The lowest BCUT2D eigenvalue weighted by atomic mass is 9.92. The predicted molar refractivity (Wildman–Crippen MR) is 96.8 cm³/mol. The fourth-order valence-corrected chi connectivity index (χ4v) is 3.41. The minimum absolute atomic E-state index is 0.315. The molecule has 1 fully saturated rings. The molecule has 4 N–H and O–H groups in total. The molecule has 2 aromatic rings. The summed E-state index contributed by atoms with van der Waals surface area (Å²) in [5.74, 6) is -0.395. The molecule has 9 heteroatoms. The Morgan fingerprint density at radius 3 is 2.42 bits per heavy atom. The van der Waals surface area contributed by atoms with Crippen LogP contribution in [0, 0.1) is 0 Å². The first kappa shape index (κ1) is 18.5. The van der Waals surface area contributed by atoms with E-state index in [1.54, 1.807) is 24.8 Å². The number of carbonyl (C=O) groups excluding carboxylic acids is 1. The van der Waals surface area contributed by atoms with Crippen molar-refractivity contribution in [2.75, 3.05) is 6.54 Å². The van der Waals surface area contributed by atoms with Crippen molar-refractivity contribution < 1.29 is 9.36 Å². The smallest absolute Gasteiger partial charge is 0.284 e. The van der Waals surface area contributed by atoms with Crippen molar-refractivity contribution in [3.05, 3.63) is 60.2 Å². The van der Waals surface area contributed by atoms with Gasteiger partial charge in [0.1, 0.15) is 0 Å². The number of pyridine rings is 2. The first-order valence-electron chi connectivity index (χ1n) is 8.34. The normalized spacial score (nSPS) is 23.3. The summed E-state index contributed by atoms with van der Waals surface area (Å²) in [6.07, 6.45) is 7.45. The van der Waals surface area contributed by atoms with Gasteiger partial charge in [-0.1, -0.05) is 12.1 Å². The van der Waals surface area contributed by atoms with Crippen LogP contribution in [0.2, 0.25) is 0 Å². The lowest BCUT2D eigenvalue weighted by Gasteiger charge is -2.43. The molecule has 1 unspecified atom stereocenters. The second kappa shape index (κ2) is 8.42. The molecule has 136 valence electrons. The molecule has 2 atom stereocenters. The van der Waals surface area contributed by atoms with Crippen molar-refractivity contribution in [3.8, 4) is 0 Å². The minimum Gasteiger partial charge on any atom is -0.306 e. The Hall–Kier alpha value is -2.25. The van der Waals surface area contributed by atoms with Crippen molar-refractivity contribution in [2.45, 2.75) is 31.2 Å². The molecule has 0 spiro atoms. The third kappa shape index (κ3) is 4.11. The summed E-state index contributed by atoms with van der Waals surface area (Å²) in [4.78, 5) is 20.9. The first-order valence-corrected chi connectivity index (χ1v) is 9.10. The van der Waals surface area contributed by atoms with E-state index >= 15 is 0 Å². The van der Waals surface area contributed by atoms with E-state index in [9.17, 15) is 9.36 Å². The Labute approximate surface area is 153 Å². The number of hydrogen-bond acceptors (Lipinski definition) is 7. The average molecular weight is 372 g/mol. The Balaban J connectivity index is 1.74. The third-order valence-corrected chi connectivity index (χ3v) is 5.03. The van der Waals surface area contributed by atoms with Crippen molar-refractivity contribution in [3.63, 3.8) is 0 Å². The fraction of sp³-hybridized carbons (Fsp3) is 0.353. The number of rotatable bonds is 7. The maximum atomic E-state index is 12.8.